The number of hydrogen-bond acceptors (Lipinski definition) is 9. The zero-order valence-electron chi connectivity index (χ0n) is 20.3. The maximum Gasteiger partial charge on any atom is 0.339 e. The molecule has 1 N–H and O–H groups in total. The van der Waals surface area contributed by atoms with Gasteiger partial charge in [0.15, 0.2) is 11.0 Å². The number of rotatable bonds is 10. The summed E-state index contributed by atoms with van der Waals surface area (Å²) < 4.78 is 11.5. The van der Waals surface area contributed by atoms with Crippen molar-refractivity contribution in [2.75, 3.05) is 25.3 Å². The van der Waals surface area contributed by atoms with E-state index in [1.54, 1.807) is 11.3 Å². The van der Waals surface area contributed by atoms with Crippen LogP contribution >= 0.6 is 23.1 Å². The number of aromatic nitrogens is 3. The van der Waals surface area contributed by atoms with Gasteiger partial charge in [-0.3, -0.25) is 9.36 Å². The number of anilines is 1. The molecule has 9 nitrogen and oxygen atoms in total. The number of ether oxygens (including phenoxy) is 2. The monoisotopic (exact) mass is 516 g/mol. The lowest BCUT2D eigenvalue weighted by molar-refractivity contribution is -0.113. The largest absolute Gasteiger partial charge is 0.465 e. The van der Waals surface area contributed by atoms with Crippen LogP contribution < -0.4 is 5.32 Å². The number of carbonyl (C=O) groups excluding carboxylic acids is 3. The van der Waals surface area contributed by atoms with Crippen LogP contribution in [0, 0.1) is 0 Å². The number of benzene rings is 1. The fraction of sp³-hybridized carbons (Fsp3) is 0.375. The molecule has 0 atom stereocenters. The van der Waals surface area contributed by atoms with Crippen LogP contribution in [0.25, 0.3) is 11.4 Å². The lowest BCUT2D eigenvalue weighted by atomic mass is 10.1. The zero-order valence-corrected chi connectivity index (χ0v) is 21.9. The summed E-state index contributed by atoms with van der Waals surface area (Å²) in [6, 6.07) is 6.46. The van der Waals surface area contributed by atoms with Crippen molar-refractivity contribution in [2.24, 2.45) is 0 Å². The summed E-state index contributed by atoms with van der Waals surface area (Å²) in [5.41, 5.74) is 1.51. The van der Waals surface area contributed by atoms with Crippen LogP contribution in [-0.4, -0.2) is 52.6 Å². The Morgan fingerprint density at radius 1 is 1.11 bits per heavy atom. The Kier molecular flexibility index (Phi) is 9.05. The summed E-state index contributed by atoms with van der Waals surface area (Å²) in [5.74, 6) is -0.798. The number of thiophene rings is 1. The molecule has 3 rings (SSSR count). The number of hydrogen-bond donors (Lipinski definition) is 1. The molecule has 35 heavy (non-hydrogen) atoms. The molecule has 2 aromatic heterocycles. The van der Waals surface area contributed by atoms with Crippen molar-refractivity contribution in [1.82, 2.24) is 14.8 Å². The van der Waals surface area contributed by atoms with E-state index in [9.17, 15) is 14.4 Å². The van der Waals surface area contributed by atoms with Gasteiger partial charge < -0.3 is 14.8 Å². The van der Waals surface area contributed by atoms with Gasteiger partial charge in [-0.15, -0.1) is 21.5 Å². The minimum Gasteiger partial charge on any atom is -0.465 e. The molecule has 3 aromatic rings. The van der Waals surface area contributed by atoms with Crippen LogP contribution in [-0.2, 0) is 20.7 Å². The normalized spacial score (nSPS) is 10.9. The highest BCUT2D eigenvalue weighted by atomic mass is 32.2. The van der Waals surface area contributed by atoms with Crippen molar-refractivity contribution in [1.29, 1.82) is 0 Å². The van der Waals surface area contributed by atoms with Crippen LogP contribution in [0.4, 0.5) is 5.69 Å². The van der Waals surface area contributed by atoms with Gasteiger partial charge >= 0.3 is 11.9 Å². The van der Waals surface area contributed by atoms with Gasteiger partial charge in [0.2, 0.25) is 5.91 Å². The Morgan fingerprint density at radius 2 is 1.86 bits per heavy atom. The van der Waals surface area contributed by atoms with Gasteiger partial charge in [-0.1, -0.05) is 25.1 Å². The van der Waals surface area contributed by atoms with Gasteiger partial charge in [0.1, 0.15) is 0 Å². The van der Waals surface area contributed by atoms with Crippen LogP contribution in [0.3, 0.4) is 0 Å². The van der Waals surface area contributed by atoms with Crippen molar-refractivity contribution < 1.29 is 23.9 Å². The molecular formula is C24H28N4O5S2. The quantitative estimate of drug-likeness (QED) is 0.301. The molecule has 0 bridgehead atoms. The van der Waals surface area contributed by atoms with Crippen molar-refractivity contribution in [3.8, 4) is 11.4 Å². The molecule has 0 aliphatic heterocycles. The molecule has 0 fully saturated rings. The smallest absolute Gasteiger partial charge is 0.339 e. The van der Waals surface area contributed by atoms with Crippen molar-refractivity contribution in [2.45, 2.75) is 44.8 Å². The van der Waals surface area contributed by atoms with E-state index < -0.39 is 11.9 Å². The first kappa shape index (κ1) is 26.4. The van der Waals surface area contributed by atoms with Crippen LogP contribution in [0.2, 0.25) is 0 Å². The summed E-state index contributed by atoms with van der Waals surface area (Å²) in [6.07, 6.45) is 2.10. The Labute approximate surface area is 212 Å². The van der Waals surface area contributed by atoms with E-state index in [-0.39, 0.29) is 34.5 Å². The average molecular weight is 517 g/mol. The number of esters is 2. The third-order valence-corrected chi connectivity index (χ3v) is 6.98. The fourth-order valence-electron chi connectivity index (χ4n) is 3.41. The second kappa shape index (κ2) is 12.0. The van der Waals surface area contributed by atoms with E-state index >= 15 is 0 Å². The highest BCUT2D eigenvalue weighted by molar-refractivity contribution is 7.99. The van der Waals surface area contributed by atoms with Gasteiger partial charge in [0, 0.05) is 21.9 Å². The predicted octanol–water partition coefficient (Wildman–Crippen LogP) is 4.84. The van der Waals surface area contributed by atoms with Crippen molar-refractivity contribution in [3.63, 3.8) is 0 Å². The van der Waals surface area contributed by atoms with Crippen LogP contribution in [0.1, 0.15) is 58.8 Å². The third kappa shape index (κ3) is 6.29. The zero-order chi connectivity index (χ0) is 25.5. The highest BCUT2D eigenvalue weighted by Crippen LogP contribution is 2.31. The minimum absolute atomic E-state index is 0.0264. The van der Waals surface area contributed by atoms with E-state index in [1.165, 1.54) is 49.1 Å². The highest BCUT2D eigenvalue weighted by Gasteiger charge is 2.21. The average Bonchev–Trinajstić information content (AvgIpc) is 3.49. The first-order chi connectivity index (χ1) is 16.8. The number of methoxy groups -OCH3 is 2. The van der Waals surface area contributed by atoms with E-state index in [0.29, 0.717) is 5.16 Å². The van der Waals surface area contributed by atoms with E-state index in [0.717, 1.165) is 24.2 Å². The van der Waals surface area contributed by atoms with E-state index in [2.05, 4.69) is 33.9 Å². The number of nitrogens with zero attached hydrogens (tertiary/aromatic N) is 3. The second-order valence-electron chi connectivity index (χ2n) is 7.90. The molecule has 2 heterocycles. The topological polar surface area (TPSA) is 112 Å². The predicted molar refractivity (Wildman–Crippen MR) is 136 cm³/mol. The number of carbonyl (C=O) groups is 3. The summed E-state index contributed by atoms with van der Waals surface area (Å²) in [4.78, 5) is 38.1. The molecule has 1 aromatic carbocycles. The molecular weight excluding hydrogens is 488 g/mol. The first-order valence-corrected chi connectivity index (χ1v) is 12.9. The molecule has 0 saturated heterocycles. The van der Waals surface area contributed by atoms with E-state index in [1.807, 2.05) is 18.4 Å². The van der Waals surface area contributed by atoms with E-state index in [4.69, 9.17) is 9.47 Å². The molecule has 1 amide bonds. The molecule has 186 valence electrons. The molecule has 0 aliphatic carbocycles. The van der Waals surface area contributed by atoms with Crippen LogP contribution in [0.15, 0.2) is 34.8 Å². The Morgan fingerprint density at radius 3 is 2.51 bits per heavy atom. The SMILES string of the molecule is CCCc1cc(-c2nnc(SCC(=O)Nc3cc(C(=O)OC)ccc3C(=O)OC)n2C(C)C)cs1. The summed E-state index contributed by atoms with van der Waals surface area (Å²) in [5, 5.41) is 14.1. The molecule has 0 saturated carbocycles. The van der Waals surface area contributed by atoms with Gasteiger partial charge in [-0.2, -0.15) is 0 Å². The Hall–Kier alpha value is -3.18. The summed E-state index contributed by atoms with van der Waals surface area (Å²) >= 11 is 2.95. The maximum absolute atomic E-state index is 12.8. The van der Waals surface area contributed by atoms with Gasteiger partial charge in [-0.05, 0) is 44.5 Å². The Bertz CT molecular complexity index is 1220. The minimum atomic E-state index is -0.633. The van der Waals surface area contributed by atoms with Gasteiger partial charge in [-0.25, -0.2) is 9.59 Å². The lowest BCUT2D eigenvalue weighted by Crippen LogP contribution is -2.18. The molecule has 0 spiro atoms. The molecule has 0 aliphatic rings. The molecule has 11 heteroatoms. The van der Waals surface area contributed by atoms with Crippen LogP contribution in [0.5, 0.6) is 0 Å². The molecule has 0 unspecified atom stereocenters. The standard InChI is InChI=1S/C24H28N4O5S2/c1-6-7-17-10-16(12-34-17)21-26-27-24(28(21)14(2)3)35-13-20(29)25-19-11-15(22(30)32-4)8-9-18(19)23(31)33-5/h8-12,14H,6-7,13H2,1-5H3,(H,25,29). The van der Waals surface area contributed by atoms with Crippen molar-refractivity contribution in [3.05, 3.63) is 45.6 Å². The Balaban J connectivity index is 1.78. The first-order valence-electron chi connectivity index (χ1n) is 11.0. The van der Waals surface area contributed by atoms with Gasteiger partial charge in [0.05, 0.1) is 36.8 Å². The third-order valence-electron chi connectivity index (χ3n) is 5.04. The van der Waals surface area contributed by atoms with Crippen molar-refractivity contribution >= 4 is 46.6 Å². The summed E-state index contributed by atoms with van der Waals surface area (Å²) in [6.45, 7) is 6.23. The second-order valence-corrected chi connectivity index (χ2v) is 9.84. The maximum atomic E-state index is 12.8. The number of amides is 1. The number of thioether (sulfide) groups is 1. The lowest BCUT2D eigenvalue weighted by Gasteiger charge is -2.14. The fourth-order valence-corrected chi connectivity index (χ4v) is 5.25. The summed E-state index contributed by atoms with van der Waals surface area (Å²) in [7, 11) is 2.50. The molecule has 0 radical (unpaired) electrons. The number of nitrogens with one attached hydrogen (secondary N) is 1. The van der Waals surface area contributed by atoms with Gasteiger partial charge in [0.25, 0.3) is 0 Å². The number of aryl methyl sites for hydroxylation is 1.